The quantitative estimate of drug-likeness (QED) is 0.518. The van der Waals surface area contributed by atoms with E-state index in [1.165, 1.54) is 0 Å². The van der Waals surface area contributed by atoms with Crippen molar-refractivity contribution in [2.75, 3.05) is 7.11 Å². The van der Waals surface area contributed by atoms with Gasteiger partial charge in [-0.2, -0.15) is 0 Å². The molecule has 4 aromatic rings. The van der Waals surface area contributed by atoms with Crippen LogP contribution in [0.4, 0.5) is 0 Å². The number of aliphatic carboxylic acids is 1. The van der Waals surface area contributed by atoms with Crippen LogP contribution in [-0.4, -0.2) is 13.1 Å². The van der Waals surface area contributed by atoms with Crippen molar-refractivity contribution in [3.8, 4) is 16.9 Å². The van der Waals surface area contributed by atoms with E-state index in [-0.39, 0.29) is 5.56 Å². The summed E-state index contributed by atoms with van der Waals surface area (Å²) in [4.78, 5) is 23.1. The molecule has 0 aliphatic carbocycles. The second-order valence-corrected chi connectivity index (χ2v) is 6.26. The van der Waals surface area contributed by atoms with E-state index >= 15 is 0 Å². The number of aryl methyl sites for hydroxylation is 1. The minimum atomic E-state index is -1.33. The molecular formula is C21H15O6-. The Balaban J connectivity index is 1.95. The summed E-state index contributed by atoms with van der Waals surface area (Å²) in [7, 11) is 1.61. The topological polar surface area (TPSA) is 92.7 Å². The van der Waals surface area contributed by atoms with Gasteiger partial charge in [-0.3, -0.25) is 0 Å². The van der Waals surface area contributed by atoms with Gasteiger partial charge in [0.25, 0.3) is 0 Å². The molecule has 6 nitrogen and oxygen atoms in total. The first-order valence-corrected chi connectivity index (χ1v) is 8.29. The molecule has 2 heterocycles. The Kier molecular flexibility index (Phi) is 3.96. The minimum Gasteiger partial charge on any atom is -0.550 e. The number of fused-ring (bicyclic) bond motifs is 2. The molecule has 0 radical (unpaired) electrons. The van der Waals surface area contributed by atoms with E-state index in [4.69, 9.17) is 13.6 Å². The monoisotopic (exact) mass is 363 g/mol. The second-order valence-electron chi connectivity index (χ2n) is 6.26. The summed E-state index contributed by atoms with van der Waals surface area (Å²) in [6.07, 6.45) is 1.15. The number of methoxy groups -OCH3 is 1. The molecule has 0 spiro atoms. The fourth-order valence-corrected chi connectivity index (χ4v) is 3.25. The van der Waals surface area contributed by atoms with Crippen molar-refractivity contribution in [1.82, 2.24) is 0 Å². The first-order valence-electron chi connectivity index (χ1n) is 8.29. The lowest BCUT2D eigenvalue weighted by atomic mass is 9.99. The maximum absolute atomic E-state index is 12.1. The van der Waals surface area contributed by atoms with Crippen molar-refractivity contribution in [2.45, 2.75) is 13.3 Å². The van der Waals surface area contributed by atoms with Crippen molar-refractivity contribution in [2.24, 2.45) is 0 Å². The highest BCUT2D eigenvalue weighted by atomic mass is 16.5. The zero-order chi connectivity index (χ0) is 19.1. The maximum atomic E-state index is 12.1. The third-order valence-corrected chi connectivity index (χ3v) is 4.70. The van der Waals surface area contributed by atoms with Gasteiger partial charge in [0.15, 0.2) is 0 Å². The molecule has 136 valence electrons. The van der Waals surface area contributed by atoms with Gasteiger partial charge in [-0.15, -0.1) is 0 Å². The lowest BCUT2D eigenvalue weighted by molar-refractivity contribution is -0.304. The Bertz CT molecular complexity index is 1230. The van der Waals surface area contributed by atoms with Gasteiger partial charge >= 0.3 is 5.63 Å². The fourth-order valence-electron chi connectivity index (χ4n) is 3.25. The third kappa shape index (κ3) is 2.85. The molecule has 0 amide bonds. The summed E-state index contributed by atoms with van der Waals surface area (Å²) in [6.45, 7) is 1.70. The van der Waals surface area contributed by atoms with Crippen molar-refractivity contribution >= 4 is 27.9 Å². The number of rotatable bonds is 4. The molecule has 2 aromatic heterocycles. The van der Waals surface area contributed by atoms with Crippen LogP contribution in [0, 0.1) is 6.92 Å². The van der Waals surface area contributed by atoms with Gasteiger partial charge in [0, 0.05) is 40.4 Å². The Morgan fingerprint density at radius 1 is 1.11 bits per heavy atom. The van der Waals surface area contributed by atoms with E-state index in [2.05, 4.69) is 0 Å². The van der Waals surface area contributed by atoms with Crippen LogP contribution in [0.3, 0.4) is 0 Å². The van der Waals surface area contributed by atoms with Crippen LogP contribution in [0.2, 0.25) is 0 Å². The highest BCUT2D eigenvalue weighted by Gasteiger charge is 2.16. The predicted octanol–water partition coefficient (Wildman–Crippen LogP) is 2.82. The smallest absolute Gasteiger partial charge is 0.340 e. The molecule has 0 saturated carbocycles. The van der Waals surface area contributed by atoms with Crippen molar-refractivity contribution in [3.63, 3.8) is 0 Å². The van der Waals surface area contributed by atoms with Gasteiger partial charge in [-0.1, -0.05) is 12.1 Å². The Hall–Kier alpha value is -3.54. The molecule has 0 N–H and O–H groups in total. The summed E-state index contributed by atoms with van der Waals surface area (Å²) >= 11 is 0. The number of carboxylic acid groups (broad SMARTS) is 1. The highest BCUT2D eigenvalue weighted by molar-refractivity contribution is 6.02. The minimum absolute atomic E-state index is 0.0938. The largest absolute Gasteiger partial charge is 0.550 e. The van der Waals surface area contributed by atoms with Gasteiger partial charge in [-0.25, -0.2) is 4.79 Å². The number of carbonyl (C=O) groups is 1. The van der Waals surface area contributed by atoms with E-state index in [0.29, 0.717) is 22.1 Å². The van der Waals surface area contributed by atoms with Crippen molar-refractivity contribution < 1.29 is 23.5 Å². The van der Waals surface area contributed by atoms with E-state index in [0.717, 1.165) is 22.3 Å². The summed E-state index contributed by atoms with van der Waals surface area (Å²) < 4.78 is 16.1. The summed E-state index contributed by atoms with van der Waals surface area (Å²) in [5, 5.41) is 12.5. The van der Waals surface area contributed by atoms with Crippen LogP contribution in [0.25, 0.3) is 33.1 Å². The lowest BCUT2D eigenvalue weighted by Crippen LogP contribution is -2.27. The van der Waals surface area contributed by atoms with Crippen LogP contribution in [-0.2, 0) is 11.2 Å². The molecule has 0 atom stereocenters. The van der Waals surface area contributed by atoms with E-state index < -0.39 is 18.0 Å². The van der Waals surface area contributed by atoms with Crippen molar-refractivity contribution in [1.29, 1.82) is 0 Å². The summed E-state index contributed by atoms with van der Waals surface area (Å²) in [6, 6.07) is 11.1. The predicted molar refractivity (Wildman–Crippen MR) is 97.7 cm³/mol. The number of hydrogen-bond acceptors (Lipinski definition) is 6. The molecule has 2 aromatic carbocycles. The molecular weight excluding hydrogens is 348 g/mol. The summed E-state index contributed by atoms with van der Waals surface area (Å²) in [5.74, 6) is -0.574. The average Bonchev–Trinajstić information content (AvgIpc) is 3.06. The summed E-state index contributed by atoms with van der Waals surface area (Å²) in [5.41, 5.74) is 2.72. The zero-order valence-corrected chi connectivity index (χ0v) is 14.7. The number of hydrogen-bond donors (Lipinski definition) is 0. The van der Waals surface area contributed by atoms with E-state index in [1.807, 2.05) is 30.3 Å². The molecule has 0 bridgehead atoms. The van der Waals surface area contributed by atoms with Gasteiger partial charge < -0.3 is 23.5 Å². The van der Waals surface area contributed by atoms with Gasteiger partial charge in [-0.05, 0) is 36.2 Å². The lowest BCUT2D eigenvalue weighted by Gasteiger charge is -2.08. The number of carboxylic acids is 1. The SMILES string of the molecule is COc1ccc(-c2coc3cc4oc(=O)c(CC(=O)[O-])c(C)c4cc23)cc1. The third-order valence-electron chi connectivity index (χ3n) is 4.70. The Morgan fingerprint density at radius 2 is 1.85 bits per heavy atom. The molecule has 0 aliphatic heterocycles. The van der Waals surface area contributed by atoms with Gasteiger partial charge in [0.1, 0.15) is 16.9 Å². The van der Waals surface area contributed by atoms with Gasteiger partial charge in [0.2, 0.25) is 0 Å². The maximum Gasteiger partial charge on any atom is 0.340 e. The van der Waals surface area contributed by atoms with Crippen LogP contribution in [0.5, 0.6) is 5.75 Å². The van der Waals surface area contributed by atoms with Crippen LogP contribution in [0.15, 0.2) is 56.3 Å². The number of furan rings is 1. The van der Waals surface area contributed by atoms with Gasteiger partial charge in [0.05, 0.1) is 13.4 Å². The van der Waals surface area contributed by atoms with E-state index in [9.17, 15) is 14.7 Å². The Morgan fingerprint density at radius 3 is 2.52 bits per heavy atom. The van der Waals surface area contributed by atoms with Crippen LogP contribution < -0.4 is 15.5 Å². The zero-order valence-electron chi connectivity index (χ0n) is 14.7. The molecule has 0 aliphatic rings. The first kappa shape index (κ1) is 16.9. The average molecular weight is 363 g/mol. The molecule has 6 heteroatoms. The molecule has 27 heavy (non-hydrogen) atoms. The second kappa shape index (κ2) is 6.32. The fraction of sp³-hybridized carbons (Fsp3) is 0.143. The van der Waals surface area contributed by atoms with Crippen LogP contribution >= 0.6 is 0 Å². The molecule has 0 fully saturated rings. The van der Waals surface area contributed by atoms with E-state index in [1.54, 1.807) is 26.4 Å². The van der Waals surface area contributed by atoms with Crippen LogP contribution in [0.1, 0.15) is 11.1 Å². The highest BCUT2D eigenvalue weighted by Crippen LogP contribution is 2.35. The first-order chi connectivity index (χ1) is 13.0. The number of benzene rings is 2. The van der Waals surface area contributed by atoms with Crippen molar-refractivity contribution in [3.05, 3.63) is 64.2 Å². The molecule has 0 unspecified atom stereocenters. The molecule has 4 rings (SSSR count). The normalized spacial score (nSPS) is 11.2. The standard InChI is InChI=1S/C21H16O6/c1-11-14-7-16-17(12-3-5-13(25-2)6-4-12)10-26-18(16)9-19(14)27-21(24)15(11)8-20(22)23/h3-7,9-10H,8H2,1-2H3,(H,22,23)/p-1. The number of ether oxygens (including phenoxy) is 1. The Labute approximate surface area is 153 Å². The molecule has 0 saturated heterocycles. The number of carbonyl (C=O) groups excluding carboxylic acids is 1.